The average Bonchev–Trinajstić information content (AvgIpc) is 2.47. The van der Waals surface area contributed by atoms with Crippen molar-refractivity contribution in [2.24, 2.45) is 0 Å². The van der Waals surface area contributed by atoms with Gasteiger partial charge in [-0.05, 0) is 12.1 Å². The minimum Gasteiger partial charge on any atom is -0.467 e. The zero-order chi connectivity index (χ0) is 15.8. The van der Waals surface area contributed by atoms with Gasteiger partial charge in [0.2, 0.25) is 0 Å². The van der Waals surface area contributed by atoms with Crippen molar-refractivity contribution in [3.05, 3.63) is 29.8 Å². The van der Waals surface area contributed by atoms with E-state index in [9.17, 15) is 18.4 Å². The van der Waals surface area contributed by atoms with E-state index in [1.54, 1.807) is 0 Å². The second kappa shape index (κ2) is 8.15. The molecule has 0 saturated heterocycles. The van der Waals surface area contributed by atoms with Crippen LogP contribution in [0.2, 0.25) is 0 Å². The molecule has 0 fully saturated rings. The molecule has 0 aliphatic carbocycles. The number of para-hydroxylation sites is 1. The van der Waals surface area contributed by atoms with Gasteiger partial charge in [0.1, 0.15) is 5.75 Å². The number of esters is 1. The molecule has 0 aliphatic heterocycles. The monoisotopic (exact) mass is 303 g/mol. The highest BCUT2D eigenvalue weighted by molar-refractivity contribution is 5.97. The van der Waals surface area contributed by atoms with E-state index in [2.05, 4.69) is 14.8 Å². The van der Waals surface area contributed by atoms with E-state index in [4.69, 9.17) is 4.74 Å². The molecule has 0 radical (unpaired) electrons. The summed E-state index contributed by atoms with van der Waals surface area (Å²) in [7, 11) is 2.46. The zero-order valence-corrected chi connectivity index (χ0v) is 11.5. The van der Waals surface area contributed by atoms with Gasteiger partial charge in [-0.25, -0.2) is 4.79 Å². The quantitative estimate of drug-likeness (QED) is 0.766. The first-order valence-electron chi connectivity index (χ1n) is 5.92. The van der Waals surface area contributed by atoms with E-state index in [0.717, 1.165) is 0 Å². The molecule has 8 heteroatoms. The SMILES string of the molecule is COC(=O)[C@@H](CNC(=O)c1ccccc1OC(F)F)OC. The van der Waals surface area contributed by atoms with Crippen molar-refractivity contribution in [1.29, 1.82) is 0 Å². The van der Waals surface area contributed by atoms with Crippen molar-refractivity contribution in [3.8, 4) is 5.75 Å². The van der Waals surface area contributed by atoms with Crippen LogP contribution in [0.1, 0.15) is 10.4 Å². The highest BCUT2D eigenvalue weighted by Gasteiger charge is 2.21. The van der Waals surface area contributed by atoms with Crippen LogP contribution in [-0.4, -0.2) is 45.4 Å². The van der Waals surface area contributed by atoms with Crippen LogP contribution in [0.25, 0.3) is 0 Å². The maximum absolute atomic E-state index is 12.2. The van der Waals surface area contributed by atoms with Crippen LogP contribution < -0.4 is 10.1 Å². The van der Waals surface area contributed by atoms with Crippen LogP contribution in [0.4, 0.5) is 8.78 Å². The number of benzene rings is 1. The Morgan fingerprint density at radius 1 is 1.24 bits per heavy atom. The summed E-state index contributed by atoms with van der Waals surface area (Å²) in [5.74, 6) is -1.58. The molecule has 1 amide bonds. The summed E-state index contributed by atoms with van der Waals surface area (Å²) in [6, 6.07) is 5.53. The molecule has 6 nitrogen and oxygen atoms in total. The fourth-order valence-corrected chi connectivity index (χ4v) is 1.53. The van der Waals surface area contributed by atoms with Gasteiger partial charge in [0.25, 0.3) is 5.91 Å². The van der Waals surface area contributed by atoms with Gasteiger partial charge in [-0.3, -0.25) is 4.79 Å². The first-order valence-corrected chi connectivity index (χ1v) is 5.92. The largest absolute Gasteiger partial charge is 0.467 e. The Morgan fingerprint density at radius 3 is 2.48 bits per heavy atom. The lowest BCUT2D eigenvalue weighted by molar-refractivity contribution is -0.151. The van der Waals surface area contributed by atoms with Crippen molar-refractivity contribution in [2.75, 3.05) is 20.8 Å². The van der Waals surface area contributed by atoms with Gasteiger partial charge in [0.05, 0.1) is 19.2 Å². The number of rotatable bonds is 7. The third-order valence-corrected chi connectivity index (χ3v) is 2.54. The van der Waals surface area contributed by atoms with Crippen LogP contribution in [0.5, 0.6) is 5.75 Å². The third-order valence-electron chi connectivity index (χ3n) is 2.54. The predicted octanol–water partition coefficient (Wildman–Crippen LogP) is 1.21. The lowest BCUT2D eigenvalue weighted by Gasteiger charge is -2.15. The highest BCUT2D eigenvalue weighted by Crippen LogP contribution is 2.20. The molecule has 1 atom stereocenters. The maximum atomic E-state index is 12.2. The smallest absolute Gasteiger partial charge is 0.387 e. The van der Waals surface area contributed by atoms with E-state index in [0.29, 0.717) is 0 Å². The number of hydrogen-bond donors (Lipinski definition) is 1. The van der Waals surface area contributed by atoms with Gasteiger partial charge in [-0.1, -0.05) is 12.1 Å². The number of carbonyl (C=O) groups is 2. The number of ether oxygens (including phenoxy) is 3. The van der Waals surface area contributed by atoms with Crippen molar-refractivity contribution < 1.29 is 32.6 Å². The summed E-state index contributed by atoms with van der Waals surface area (Å²) in [6.45, 7) is -3.20. The Kier molecular flexibility index (Phi) is 6.54. The Bertz CT molecular complexity index is 495. The van der Waals surface area contributed by atoms with Gasteiger partial charge in [-0.2, -0.15) is 8.78 Å². The van der Waals surface area contributed by atoms with E-state index >= 15 is 0 Å². The van der Waals surface area contributed by atoms with Crippen molar-refractivity contribution in [1.82, 2.24) is 5.32 Å². The molecule has 1 N–H and O–H groups in total. The van der Waals surface area contributed by atoms with Crippen LogP contribution in [0, 0.1) is 0 Å². The molecule has 0 aliphatic rings. The van der Waals surface area contributed by atoms with Gasteiger partial charge >= 0.3 is 12.6 Å². The van der Waals surface area contributed by atoms with Crippen molar-refractivity contribution in [2.45, 2.75) is 12.7 Å². The lowest BCUT2D eigenvalue weighted by atomic mass is 10.2. The fraction of sp³-hybridized carbons (Fsp3) is 0.385. The van der Waals surface area contributed by atoms with Crippen LogP contribution in [0.3, 0.4) is 0 Å². The molecule has 116 valence electrons. The minimum atomic E-state index is -3.04. The van der Waals surface area contributed by atoms with Crippen LogP contribution in [0.15, 0.2) is 24.3 Å². The number of carbonyl (C=O) groups excluding carboxylic acids is 2. The number of methoxy groups -OCH3 is 2. The molecular weight excluding hydrogens is 288 g/mol. The van der Waals surface area contributed by atoms with E-state index in [1.165, 1.54) is 38.5 Å². The second-order valence-corrected chi connectivity index (χ2v) is 3.83. The number of halogens is 2. The molecule has 0 aromatic heterocycles. The summed E-state index contributed by atoms with van der Waals surface area (Å²) in [6.07, 6.45) is -0.984. The highest BCUT2D eigenvalue weighted by atomic mass is 19.3. The summed E-state index contributed by atoms with van der Waals surface area (Å²) in [4.78, 5) is 23.2. The first-order chi connectivity index (χ1) is 9.99. The molecule has 0 unspecified atom stereocenters. The summed E-state index contributed by atoms with van der Waals surface area (Å²) in [5, 5.41) is 2.39. The minimum absolute atomic E-state index is 0.0717. The number of nitrogens with one attached hydrogen (secondary N) is 1. The number of hydrogen-bond acceptors (Lipinski definition) is 5. The lowest BCUT2D eigenvalue weighted by Crippen LogP contribution is -2.38. The van der Waals surface area contributed by atoms with Gasteiger partial charge < -0.3 is 19.5 Å². The van der Waals surface area contributed by atoms with Gasteiger partial charge in [0.15, 0.2) is 6.10 Å². The molecule has 0 saturated carbocycles. The zero-order valence-electron chi connectivity index (χ0n) is 11.5. The van der Waals surface area contributed by atoms with E-state index < -0.39 is 24.6 Å². The topological polar surface area (TPSA) is 73.9 Å². The summed E-state index contributed by atoms with van der Waals surface area (Å²) >= 11 is 0. The molecule has 21 heavy (non-hydrogen) atoms. The van der Waals surface area contributed by atoms with E-state index in [1.807, 2.05) is 0 Å². The molecule has 0 heterocycles. The van der Waals surface area contributed by atoms with E-state index in [-0.39, 0.29) is 17.9 Å². The summed E-state index contributed by atoms with van der Waals surface area (Å²) < 4.78 is 38.1. The van der Waals surface area contributed by atoms with Crippen LogP contribution in [-0.2, 0) is 14.3 Å². The van der Waals surface area contributed by atoms with Crippen LogP contribution >= 0.6 is 0 Å². The molecule has 1 rings (SSSR count). The number of amides is 1. The predicted molar refractivity (Wildman–Crippen MR) is 68.2 cm³/mol. The summed E-state index contributed by atoms with van der Waals surface area (Å²) in [5.41, 5.74) is -0.0717. The molecule has 1 aromatic rings. The molecule has 0 spiro atoms. The maximum Gasteiger partial charge on any atom is 0.387 e. The standard InChI is InChI=1S/C13H15F2NO5/c1-19-10(12(18)20-2)7-16-11(17)8-5-3-4-6-9(8)21-13(14)15/h3-6,10,13H,7H2,1-2H3,(H,16,17)/t10-/m1/s1. The van der Waals surface area contributed by atoms with Gasteiger partial charge in [-0.15, -0.1) is 0 Å². The molecule has 0 bridgehead atoms. The normalized spacial score (nSPS) is 11.9. The van der Waals surface area contributed by atoms with Crippen molar-refractivity contribution in [3.63, 3.8) is 0 Å². The van der Waals surface area contributed by atoms with Gasteiger partial charge in [0, 0.05) is 7.11 Å². The fourth-order valence-electron chi connectivity index (χ4n) is 1.53. The Morgan fingerprint density at radius 2 is 1.90 bits per heavy atom. The Hall–Kier alpha value is -2.22. The molecular formula is C13H15F2NO5. The first kappa shape index (κ1) is 16.8. The second-order valence-electron chi connectivity index (χ2n) is 3.83. The molecule has 1 aromatic carbocycles. The average molecular weight is 303 g/mol. The Labute approximate surface area is 120 Å². The Balaban J connectivity index is 2.73. The third kappa shape index (κ3) is 4.99. The number of alkyl halides is 2. The van der Waals surface area contributed by atoms with Crippen molar-refractivity contribution >= 4 is 11.9 Å².